The summed E-state index contributed by atoms with van der Waals surface area (Å²) in [4.78, 5) is 0.218. The third kappa shape index (κ3) is 3.09. The molecule has 1 aliphatic heterocycles. The van der Waals surface area contributed by atoms with Gasteiger partial charge < -0.3 is 5.32 Å². The number of benzene rings is 2. The highest BCUT2D eigenvalue weighted by Crippen LogP contribution is 2.33. The fraction of sp³-hybridized carbons (Fsp3) is 0.167. The molecule has 0 amide bonds. The van der Waals surface area contributed by atoms with Crippen molar-refractivity contribution in [3.8, 4) is 0 Å². The zero-order chi connectivity index (χ0) is 17.3. The summed E-state index contributed by atoms with van der Waals surface area (Å²) in [6.07, 6.45) is 0.843. The quantitative estimate of drug-likeness (QED) is 0.877. The molecule has 4 nitrogen and oxygen atoms in total. The monoisotopic (exact) mass is 360 g/mol. The van der Waals surface area contributed by atoms with Crippen molar-refractivity contribution < 1.29 is 8.42 Å². The molecule has 2 aromatic rings. The summed E-state index contributed by atoms with van der Waals surface area (Å²) < 4.78 is 28.9. The average molecular weight is 361 g/mol. The molecule has 0 fully saturated rings. The molecule has 0 aromatic heterocycles. The number of nitrogens with zero attached hydrogens (tertiary/aromatic N) is 1. The lowest BCUT2D eigenvalue weighted by Crippen LogP contribution is -2.12. The largest absolute Gasteiger partial charge is 0.339 e. The van der Waals surface area contributed by atoms with Gasteiger partial charge in [-0.3, -0.25) is 0 Å². The minimum Gasteiger partial charge on any atom is -0.339 e. The van der Waals surface area contributed by atoms with Gasteiger partial charge in [0.1, 0.15) is 10.7 Å². The van der Waals surface area contributed by atoms with Crippen LogP contribution >= 0.6 is 11.6 Å². The van der Waals surface area contributed by atoms with Gasteiger partial charge in [-0.25, -0.2) is 0 Å². The molecule has 0 spiro atoms. The highest BCUT2D eigenvalue weighted by atomic mass is 35.5. The Morgan fingerprint density at radius 3 is 2.42 bits per heavy atom. The Hall–Kier alpha value is -2.11. The molecule has 0 radical (unpaired) electrons. The zero-order valence-electron chi connectivity index (χ0n) is 13.4. The van der Waals surface area contributed by atoms with E-state index in [-0.39, 0.29) is 4.91 Å². The van der Waals surface area contributed by atoms with Crippen molar-refractivity contribution >= 4 is 38.1 Å². The maximum absolute atomic E-state index is 12.5. The number of para-hydroxylation sites is 1. The second-order valence-electron chi connectivity index (χ2n) is 5.51. The highest BCUT2D eigenvalue weighted by Gasteiger charge is 2.31. The minimum absolute atomic E-state index is 0.218. The van der Waals surface area contributed by atoms with Crippen LogP contribution in [0, 0.1) is 0 Å². The number of halogens is 1. The molecule has 0 saturated carbocycles. The van der Waals surface area contributed by atoms with Crippen LogP contribution in [0.15, 0.2) is 58.5 Å². The molecule has 1 heterocycles. The van der Waals surface area contributed by atoms with Crippen LogP contribution in [-0.2, 0) is 16.4 Å². The van der Waals surface area contributed by atoms with Crippen LogP contribution in [0.4, 0.5) is 5.69 Å². The lowest BCUT2D eigenvalue weighted by Gasteiger charge is -2.11. The molecule has 1 aliphatic rings. The lowest BCUT2D eigenvalue weighted by molar-refractivity contribution is 0.608. The fourth-order valence-corrected chi connectivity index (χ4v) is 4.25. The second-order valence-corrected chi connectivity index (χ2v) is 7.49. The van der Waals surface area contributed by atoms with E-state index in [1.807, 2.05) is 24.3 Å². The molecule has 24 heavy (non-hydrogen) atoms. The molecule has 124 valence electrons. The third-order valence-electron chi connectivity index (χ3n) is 3.92. The van der Waals surface area contributed by atoms with Crippen molar-refractivity contribution in [2.75, 3.05) is 5.32 Å². The van der Waals surface area contributed by atoms with Gasteiger partial charge in [0, 0.05) is 16.3 Å². The molecule has 0 unspecified atom stereocenters. The van der Waals surface area contributed by atoms with Crippen LogP contribution in [0.1, 0.15) is 25.0 Å². The van der Waals surface area contributed by atoms with Gasteiger partial charge in [0.2, 0.25) is 0 Å². The van der Waals surface area contributed by atoms with E-state index < -0.39 is 10.0 Å². The summed E-state index contributed by atoms with van der Waals surface area (Å²) in [7, 11) is -3.73. The van der Waals surface area contributed by atoms with Crippen molar-refractivity contribution in [1.29, 1.82) is 0 Å². The summed E-state index contributed by atoms with van der Waals surface area (Å²) in [5.74, 6) is 0.362. The normalized spacial score (nSPS) is 16.2. The SMILES string of the molecule is CCc1ccccc1NC1=NS(=O)(=O)C(c2ccc(Cl)cc2)=C1C. The molecular weight excluding hydrogens is 344 g/mol. The Bertz CT molecular complexity index is 945. The van der Waals surface area contributed by atoms with E-state index in [1.165, 1.54) is 0 Å². The van der Waals surface area contributed by atoms with E-state index in [0.29, 0.717) is 22.0 Å². The maximum atomic E-state index is 12.5. The van der Waals surface area contributed by atoms with Crippen molar-refractivity contribution in [1.82, 2.24) is 0 Å². The lowest BCUT2D eigenvalue weighted by atomic mass is 10.1. The van der Waals surface area contributed by atoms with Crippen LogP contribution in [0.3, 0.4) is 0 Å². The third-order valence-corrected chi connectivity index (χ3v) is 5.66. The van der Waals surface area contributed by atoms with E-state index >= 15 is 0 Å². The van der Waals surface area contributed by atoms with E-state index in [1.54, 1.807) is 31.2 Å². The summed E-state index contributed by atoms with van der Waals surface area (Å²) in [6, 6.07) is 14.5. The van der Waals surface area contributed by atoms with Gasteiger partial charge in [0.05, 0.1) is 0 Å². The average Bonchev–Trinajstić information content (AvgIpc) is 2.78. The van der Waals surface area contributed by atoms with Crippen molar-refractivity contribution in [2.24, 2.45) is 4.40 Å². The predicted molar refractivity (Wildman–Crippen MR) is 99.8 cm³/mol. The highest BCUT2D eigenvalue weighted by molar-refractivity contribution is 8.00. The number of nitrogens with one attached hydrogen (secondary N) is 1. The van der Waals surface area contributed by atoms with E-state index in [2.05, 4.69) is 16.6 Å². The molecular formula is C18H17ClN2O2S. The van der Waals surface area contributed by atoms with Gasteiger partial charge in [0.25, 0.3) is 10.0 Å². The molecule has 0 aliphatic carbocycles. The second kappa shape index (κ2) is 6.42. The van der Waals surface area contributed by atoms with Crippen molar-refractivity contribution in [3.63, 3.8) is 0 Å². The van der Waals surface area contributed by atoms with Crippen LogP contribution in [-0.4, -0.2) is 14.3 Å². The van der Waals surface area contributed by atoms with Crippen molar-refractivity contribution in [2.45, 2.75) is 20.3 Å². The summed E-state index contributed by atoms with van der Waals surface area (Å²) in [5.41, 5.74) is 3.15. The standard InChI is InChI=1S/C18H17ClN2O2S/c1-3-13-6-4-5-7-16(13)20-18-12(2)17(24(22,23)21-18)14-8-10-15(19)11-9-14/h4-11H,3H2,1-2H3,(H,20,21). The molecule has 6 heteroatoms. The van der Waals surface area contributed by atoms with Crippen LogP contribution < -0.4 is 5.32 Å². The van der Waals surface area contributed by atoms with Gasteiger partial charge in [-0.1, -0.05) is 48.9 Å². The number of anilines is 1. The Kier molecular flexibility index (Phi) is 4.47. The van der Waals surface area contributed by atoms with Crippen molar-refractivity contribution in [3.05, 3.63) is 70.3 Å². The van der Waals surface area contributed by atoms with E-state index in [4.69, 9.17) is 11.6 Å². The first kappa shape index (κ1) is 16.7. The maximum Gasteiger partial charge on any atom is 0.285 e. The summed E-state index contributed by atoms with van der Waals surface area (Å²) in [6.45, 7) is 3.81. The number of rotatable bonds is 3. The topological polar surface area (TPSA) is 58.5 Å². The Balaban J connectivity index is 2.03. The molecule has 0 saturated heterocycles. The van der Waals surface area contributed by atoms with E-state index in [0.717, 1.165) is 17.7 Å². The predicted octanol–water partition coefficient (Wildman–Crippen LogP) is 4.49. The first-order valence-electron chi connectivity index (χ1n) is 7.59. The first-order chi connectivity index (χ1) is 11.4. The number of hydrogen-bond acceptors (Lipinski definition) is 3. The Morgan fingerprint density at radius 1 is 1.08 bits per heavy atom. The van der Waals surface area contributed by atoms with E-state index in [9.17, 15) is 8.42 Å². The fourth-order valence-electron chi connectivity index (χ4n) is 2.70. The molecule has 1 N–H and O–H groups in total. The van der Waals surface area contributed by atoms with Gasteiger partial charge in [-0.2, -0.15) is 8.42 Å². The van der Waals surface area contributed by atoms with Gasteiger partial charge >= 0.3 is 0 Å². The summed E-state index contributed by atoms with van der Waals surface area (Å²) in [5, 5.41) is 3.72. The number of hydrogen-bond donors (Lipinski definition) is 1. The number of aryl methyl sites for hydroxylation is 1. The smallest absolute Gasteiger partial charge is 0.285 e. The van der Waals surface area contributed by atoms with Gasteiger partial charge in [-0.15, -0.1) is 4.40 Å². The first-order valence-corrected chi connectivity index (χ1v) is 9.41. The van der Waals surface area contributed by atoms with Crippen LogP contribution in [0.25, 0.3) is 4.91 Å². The molecule has 0 atom stereocenters. The Morgan fingerprint density at radius 2 is 1.75 bits per heavy atom. The van der Waals surface area contributed by atoms with Crippen LogP contribution in [0.5, 0.6) is 0 Å². The Labute approximate surface area is 146 Å². The van der Waals surface area contributed by atoms with Gasteiger partial charge in [-0.05, 0) is 42.7 Å². The molecule has 2 aromatic carbocycles. The molecule has 3 rings (SSSR count). The number of sulfonamides is 1. The molecule has 0 bridgehead atoms. The zero-order valence-corrected chi connectivity index (χ0v) is 14.9. The minimum atomic E-state index is -3.73. The van der Waals surface area contributed by atoms with Crippen LogP contribution in [0.2, 0.25) is 5.02 Å². The number of amidine groups is 1. The summed E-state index contributed by atoms with van der Waals surface area (Å²) >= 11 is 5.89. The van der Waals surface area contributed by atoms with Gasteiger partial charge in [0.15, 0.2) is 0 Å².